The third-order valence-corrected chi connectivity index (χ3v) is 5.20. The molecule has 7 nitrogen and oxygen atoms in total. The van der Waals surface area contributed by atoms with Crippen LogP contribution >= 0.6 is 0 Å². The van der Waals surface area contributed by atoms with Gasteiger partial charge in [-0.25, -0.2) is 9.29 Å². The number of imide groups is 1. The molecule has 1 N–H and O–H groups in total. The van der Waals surface area contributed by atoms with Crippen molar-refractivity contribution in [3.05, 3.63) is 83.8 Å². The van der Waals surface area contributed by atoms with Gasteiger partial charge in [0.25, 0.3) is 11.8 Å². The van der Waals surface area contributed by atoms with Gasteiger partial charge in [-0.3, -0.25) is 9.59 Å². The van der Waals surface area contributed by atoms with Crippen molar-refractivity contribution < 1.29 is 28.2 Å². The summed E-state index contributed by atoms with van der Waals surface area (Å²) in [6.07, 6.45) is 0. The molecule has 168 valence electrons. The van der Waals surface area contributed by atoms with Crippen LogP contribution in [0.5, 0.6) is 17.2 Å². The fourth-order valence-corrected chi connectivity index (χ4v) is 3.56. The lowest BCUT2D eigenvalue weighted by atomic mass is 10.0. The van der Waals surface area contributed by atoms with Crippen molar-refractivity contribution in [1.29, 1.82) is 0 Å². The number of carbonyl (C=O) groups is 2. The van der Waals surface area contributed by atoms with Gasteiger partial charge < -0.3 is 19.5 Å². The lowest BCUT2D eigenvalue weighted by Crippen LogP contribution is -2.32. The number of methoxy groups -OCH3 is 3. The SMILES string of the molecule is COc1ccc(C2=C(Nc3ccc(OC)cc3OC)C(=O)N(c3cccc(F)c3)C2=O)cc1. The van der Waals surface area contributed by atoms with Crippen LogP contribution in [0, 0.1) is 5.82 Å². The molecule has 1 aliphatic heterocycles. The second kappa shape index (κ2) is 9.04. The largest absolute Gasteiger partial charge is 0.497 e. The third-order valence-electron chi connectivity index (χ3n) is 5.20. The quantitative estimate of drug-likeness (QED) is 0.545. The highest BCUT2D eigenvalue weighted by atomic mass is 19.1. The smallest absolute Gasteiger partial charge is 0.282 e. The Morgan fingerprint density at radius 2 is 1.48 bits per heavy atom. The van der Waals surface area contributed by atoms with Crippen LogP contribution in [-0.2, 0) is 9.59 Å². The molecule has 8 heteroatoms. The van der Waals surface area contributed by atoms with Crippen molar-refractivity contribution in [2.24, 2.45) is 0 Å². The maximum atomic E-state index is 13.9. The number of ether oxygens (including phenoxy) is 3. The molecule has 0 radical (unpaired) electrons. The molecule has 0 bridgehead atoms. The van der Waals surface area contributed by atoms with Crippen molar-refractivity contribution in [2.75, 3.05) is 31.5 Å². The number of nitrogens with one attached hydrogen (secondary N) is 1. The Morgan fingerprint density at radius 3 is 2.12 bits per heavy atom. The van der Waals surface area contributed by atoms with Crippen LogP contribution in [0.3, 0.4) is 0 Å². The number of carbonyl (C=O) groups excluding carboxylic acids is 2. The van der Waals surface area contributed by atoms with Crippen LogP contribution in [0.15, 0.2) is 72.4 Å². The number of hydrogen-bond acceptors (Lipinski definition) is 6. The molecule has 0 atom stereocenters. The van der Waals surface area contributed by atoms with E-state index in [1.54, 1.807) is 42.5 Å². The Balaban J connectivity index is 1.83. The number of anilines is 2. The lowest BCUT2D eigenvalue weighted by Gasteiger charge is -2.16. The first kappa shape index (κ1) is 21.9. The van der Waals surface area contributed by atoms with Crippen molar-refractivity contribution in [3.8, 4) is 17.2 Å². The summed E-state index contributed by atoms with van der Waals surface area (Å²) in [7, 11) is 4.55. The first-order chi connectivity index (χ1) is 16.0. The zero-order chi connectivity index (χ0) is 23.5. The molecule has 1 heterocycles. The number of amides is 2. The topological polar surface area (TPSA) is 77.1 Å². The minimum absolute atomic E-state index is 0.0397. The highest BCUT2D eigenvalue weighted by Gasteiger charge is 2.40. The molecule has 0 aliphatic carbocycles. The monoisotopic (exact) mass is 448 g/mol. The molecule has 2 amide bonds. The van der Waals surface area contributed by atoms with Gasteiger partial charge in [0.05, 0.1) is 38.3 Å². The first-order valence-electron chi connectivity index (χ1n) is 9.99. The molecule has 0 fully saturated rings. The van der Waals surface area contributed by atoms with E-state index in [4.69, 9.17) is 14.2 Å². The van der Waals surface area contributed by atoms with Crippen LogP contribution in [0.2, 0.25) is 0 Å². The summed E-state index contributed by atoms with van der Waals surface area (Å²) in [4.78, 5) is 27.8. The molecular weight excluding hydrogens is 427 g/mol. The zero-order valence-corrected chi connectivity index (χ0v) is 18.2. The van der Waals surface area contributed by atoms with E-state index in [0.717, 1.165) is 11.0 Å². The summed E-state index contributed by atoms with van der Waals surface area (Å²) in [5, 5.41) is 3.05. The number of benzene rings is 3. The van der Waals surface area contributed by atoms with E-state index >= 15 is 0 Å². The van der Waals surface area contributed by atoms with Crippen LogP contribution in [0.4, 0.5) is 15.8 Å². The second-order valence-electron chi connectivity index (χ2n) is 7.10. The van der Waals surface area contributed by atoms with Gasteiger partial charge in [0, 0.05) is 6.07 Å². The van der Waals surface area contributed by atoms with Crippen molar-refractivity contribution >= 4 is 28.8 Å². The minimum atomic E-state index is -0.616. The first-order valence-corrected chi connectivity index (χ1v) is 9.99. The van der Waals surface area contributed by atoms with Gasteiger partial charge in [-0.05, 0) is 48.0 Å². The highest BCUT2D eigenvalue weighted by molar-refractivity contribution is 6.46. The molecule has 0 spiro atoms. The molecule has 0 aromatic heterocycles. The zero-order valence-electron chi connectivity index (χ0n) is 18.2. The summed E-state index contributed by atoms with van der Waals surface area (Å²) >= 11 is 0. The molecule has 0 saturated heterocycles. The molecule has 1 aliphatic rings. The van der Waals surface area contributed by atoms with Gasteiger partial charge in [-0.2, -0.15) is 0 Å². The molecule has 3 aromatic rings. The van der Waals surface area contributed by atoms with E-state index in [9.17, 15) is 14.0 Å². The fourth-order valence-electron chi connectivity index (χ4n) is 3.56. The maximum absolute atomic E-state index is 13.9. The maximum Gasteiger partial charge on any atom is 0.282 e. The third kappa shape index (κ3) is 4.10. The highest BCUT2D eigenvalue weighted by Crippen LogP contribution is 2.37. The summed E-state index contributed by atoms with van der Waals surface area (Å²) in [6, 6.07) is 17.1. The fraction of sp³-hybridized carbons (Fsp3) is 0.120. The van der Waals surface area contributed by atoms with Gasteiger partial charge in [0.15, 0.2) is 0 Å². The van der Waals surface area contributed by atoms with Crippen LogP contribution in [0.1, 0.15) is 5.56 Å². The average molecular weight is 448 g/mol. The van der Waals surface area contributed by atoms with E-state index in [0.29, 0.717) is 28.5 Å². The van der Waals surface area contributed by atoms with Crippen LogP contribution in [0.25, 0.3) is 5.57 Å². The van der Waals surface area contributed by atoms with Gasteiger partial charge in [0.2, 0.25) is 0 Å². The summed E-state index contributed by atoms with van der Waals surface area (Å²) < 4.78 is 29.7. The Labute approximate surface area is 190 Å². The van der Waals surface area contributed by atoms with E-state index < -0.39 is 17.6 Å². The summed E-state index contributed by atoms with van der Waals surface area (Å²) in [5.74, 6) is -0.167. The van der Waals surface area contributed by atoms with Gasteiger partial charge in [0.1, 0.15) is 28.8 Å². The molecular formula is C25H21FN2O5. The normalized spacial score (nSPS) is 13.4. The Bertz CT molecular complexity index is 1250. The van der Waals surface area contributed by atoms with E-state index in [1.807, 2.05) is 0 Å². The Kier molecular flexibility index (Phi) is 5.99. The van der Waals surface area contributed by atoms with Crippen LogP contribution in [-0.4, -0.2) is 33.1 Å². The molecule has 3 aromatic carbocycles. The van der Waals surface area contributed by atoms with Crippen molar-refractivity contribution in [2.45, 2.75) is 0 Å². The number of nitrogens with zero attached hydrogens (tertiary/aromatic N) is 1. The summed E-state index contributed by atoms with van der Waals surface area (Å²) in [5.41, 5.74) is 1.28. The molecule has 0 unspecified atom stereocenters. The van der Waals surface area contributed by atoms with Crippen molar-refractivity contribution in [3.63, 3.8) is 0 Å². The predicted molar refractivity (Wildman–Crippen MR) is 122 cm³/mol. The number of halogens is 1. The number of rotatable bonds is 7. The second-order valence-corrected chi connectivity index (χ2v) is 7.10. The predicted octanol–water partition coefficient (Wildman–Crippen LogP) is 4.25. The van der Waals surface area contributed by atoms with Crippen LogP contribution < -0.4 is 24.4 Å². The number of hydrogen-bond donors (Lipinski definition) is 1. The van der Waals surface area contributed by atoms with Crippen molar-refractivity contribution in [1.82, 2.24) is 0 Å². The standard InChI is InChI=1S/C25H21FN2O5/c1-31-18-9-7-15(8-10-18)22-23(27-20-12-11-19(32-2)14-21(20)33-3)25(30)28(24(22)29)17-6-4-5-16(26)13-17/h4-14,27H,1-3H3. The molecule has 0 saturated carbocycles. The Morgan fingerprint density at radius 1 is 0.788 bits per heavy atom. The van der Waals surface area contributed by atoms with E-state index in [2.05, 4.69) is 5.32 Å². The van der Waals surface area contributed by atoms with Gasteiger partial charge in [-0.15, -0.1) is 0 Å². The summed E-state index contributed by atoms with van der Waals surface area (Å²) in [6.45, 7) is 0. The molecule has 4 rings (SSSR count). The van der Waals surface area contributed by atoms with Gasteiger partial charge >= 0.3 is 0 Å². The van der Waals surface area contributed by atoms with Gasteiger partial charge in [-0.1, -0.05) is 18.2 Å². The van der Waals surface area contributed by atoms with E-state index in [1.165, 1.54) is 39.5 Å². The molecule has 33 heavy (non-hydrogen) atoms. The van der Waals surface area contributed by atoms with E-state index in [-0.39, 0.29) is 17.0 Å². The minimum Gasteiger partial charge on any atom is -0.497 e. The average Bonchev–Trinajstić information content (AvgIpc) is 3.08. The Hall–Kier alpha value is -4.33. The lowest BCUT2D eigenvalue weighted by molar-refractivity contribution is -0.120.